The minimum atomic E-state index is -0.312. The summed E-state index contributed by atoms with van der Waals surface area (Å²) in [6, 6.07) is 13.1. The van der Waals surface area contributed by atoms with Gasteiger partial charge in [0.15, 0.2) is 0 Å². The van der Waals surface area contributed by atoms with Gasteiger partial charge in [-0.25, -0.2) is 0 Å². The number of carbonyl (C=O) groups is 3. The number of pyridine rings is 1. The maximum absolute atomic E-state index is 13.6. The van der Waals surface area contributed by atoms with Crippen LogP contribution in [0.3, 0.4) is 0 Å². The van der Waals surface area contributed by atoms with Gasteiger partial charge in [-0.05, 0) is 49.6 Å². The highest BCUT2D eigenvalue weighted by Gasteiger charge is 2.35. The first-order valence-electron chi connectivity index (χ1n) is 13.1. The van der Waals surface area contributed by atoms with Crippen molar-refractivity contribution in [2.75, 3.05) is 31.1 Å². The molecule has 2 aliphatic heterocycles. The number of carbonyl (C=O) groups excluding carboxylic acids is 3. The monoisotopic (exact) mass is 490 g/mol. The van der Waals surface area contributed by atoms with Crippen LogP contribution >= 0.6 is 0 Å². The molecular formula is C28H34N4O4. The molecule has 1 aliphatic carbocycles. The lowest BCUT2D eigenvalue weighted by molar-refractivity contribution is -0.134. The fraction of sp³-hybridized carbons (Fsp3) is 0.500. The van der Waals surface area contributed by atoms with E-state index in [2.05, 4.69) is 4.98 Å². The van der Waals surface area contributed by atoms with Crippen molar-refractivity contribution in [3.05, 3.63) is 59.9 Å². The molecule has 2 aromatic rings. The molecule has 0 bridgehead atoms. The molecule has 1 aromatic heterocycles. The van der Waals surface area contributed by atoms with E-state index in [1.807, 2.05) is 29.2 Å². The first-order valence-corrected chi connectivity index (χ1v) is 13.1. The SMILES string of the molecule is O=C(c1cccc(N2CCCC2=O)c1)N1CC(=O)N(C2CCCCC2)CC(OCc2ccccn2)C1. The summed E-state index contributed by atoms with van der Waals surface area (Å²) in [6.45, 7) is 1.83. The third-order valence-corrected chi connectivity index (χ3v) is 7.44. The molecule has 36 heavy (non-hydrogen) atoms. The summed E-state index contributed by atoms with van der Waals surface area (Å²) < 4.78 is 6.25. The number of rotatable bonds is 6. The van der Waals surface area contributed by atoms with E-state index in [0.29, 0.717) is 38.2 Å². The molecule has 1 atom stereocenters. The zero-order valence-corrected chi connectivity index (χ0v) is 20.7. The molecule has 8 nitrogen and oxygen atoms in total. The van der Waals surface area contributed by atoms with Crippen LogP contribution in [0.25, 0.3) is 0 Å². The molecule has 2 saturated heterocycles. The Hall–Kier alpha value is -3.26. The van der Waals surface area contributed by atoms with Gasteiger partial charge in [0.1, 0.15) is 6.54 Å². The lowest BCUT2D eigenvalue weighted by Crippen LogP contribution is -2.46. The predicted octanol–water partition coefficient (Wildman–Crippen LogP) is 3.41. The molecule has 190 valence electrons. The molecule has 0 N–H and O–H groups in total. The molecule has 1 unspecified atom stereocenters. The minimum Gasteiger partial charge on any atom is -0.368 e. The van der Waals surface area contributed by atoms with Crippen LogP contribution in [0.15, 0.2) is 48.7 Å². The first kappa shape index (κ1) is 24.4. The van der Waals surface area contributed by atoms with Gasteiger partial charge in [0, 0.05) is 49.5 Å². The van der Waals surface area contributed by atoms with Crippen molar-refractivity contribution >= 4 is 23.4 Å². The third-order valence-electron chi connectivity index (χ3n) is 7.44. The second-order valence-electron chi connectivity index (χ2n) is 9.98. The summed E-state index contributed by atoms with van der Waals surface area (Å²) in [7, 11) is 0. The van der Waals surface area contributed by atoms with Crippen LogP contribution in [0.5, 0.6) is 0 Å². The van der Waals surface area contributed by atoms with Crippen molar-refractivity contribution in [3.8, 4) is 0 Å². The first-order chi connectivity index (χ1) is 17.6. The molecule has 0 spiro atoms. The van der Waals surface area contributed by atoms with Crippen molar-refractivity contribution in [1.82, 2.24) is 14.8 Å². The Morgan fingerprint density at radius 2 is 1.83 bits per heavy atom. The zero-order chi connectivity index (χ0) is 24.9. The van der Waals surface area contributed by atoms with Crippen LogP contribution in [-0.2, 0) is 20.9 Å². The maximum Gasteiger partial charge on any atom is 0.254 e. The molecule has 3 amide bonds. The normalized spacial score (nSPS) is 21.7. The predicted molar refractivity (Wildman–Crippen MR) is 135 cm³/mol. The van der Waals surface area contributed by atoms with Crippen molar-refractivity contribution < 1.29 is 19.1 Å². The van der Waals surface area contributed by atoms with E-state index in [-0.39, 0.29) is 36.4 Å². The van der Waals surface area contributed by atoms with Gasteiger partial charge in [0.2, 0.25) is 11.8 Å². The smallest absolute Gasteiger partial charge is 0.254 e. The molecule has 0 radical (unpaired) electrons. The quantitative estimate of drug-likeness (QED) is 0.620. The van der Waals surface area contributed by atoms with E-state index in [1.165, 1.54) is 6.42 Å². The van der Waals surface area contributed by atoms with E-state index in [0.717, 1.165) is 43.5 Å². The van der Waals surface area contributed by atoms with E-state index in [9.17, 15) is 14.4 Å². The summed E-state index contributed by atoms with van der Waals surface area (Å²) in [5.74, 6) is -0.158. The van der Waals surface area contributed by atoms with Crippen LogP contribution < -0.4 is 4.90 Å². The van der Waals surface area contributed by atoms with Crippen molar-refractivity contribution in [1.29, 1.82) is 0 Å². The van der Waals surface area contributed by atoms with Gasteiger partial charge in [-0.3, -0.25) is 19.4 Å². The van der Waals surface area contributed by atoms with Gasteiger partial charge in [0.05, 0.1) is 18.4 Å². The van der Waals surface area contributed by atoms with Gasteiger partial charge in [-0.2, -0.15) is 0 Å². The van der Waals surface area contributed by atoms with Gasteiger partial charge < -0.3 is 19.4 Å². The molecule has 1 saturated carbocycles. The lowest BCUT2D eigenvalue weighted by Gasteiger charge is -2.34. The molecule has 3 aliphatic rings. The molecule has 8 heteroatoms. The molecule has 5 rings (SSSR count). The highest BCUT2D eigenvalue weighted by Crippen LogP contribution is 2.26. The Labute approximate surface area is 212 Å². The van der Waals surface area contributed by atoms with Gasteiger partial charge >= 0.3 is 0 Å². The molecular weight excluding hydrogens is 456 g/mol. The molecule has 3 fully saturated rings. The average Bonchev–Trinajstić information content (AvgIpc) is 3.28. The number of hydrogen-bond acceptors (Lipinski definition) is 5. The van der Waals surface area contributed by atoms with Gasteiger partial charge in [-0.15, -0.1) is 0 Å². The fourth-order valence-electron chi connectivity index (χ4n) is 5.55. The summed E-state index contributed by atoms with van der Waals surface area (Å²) in [6.07, 6.45) is 8.23. The second kappa shape index (κ2) is 11.2. The Kier molecular flexibility index (Phi) is 7.60. The maximum atomic E-state index is 13.6. The number of nitrogens with zero attached hydrogens (tertiary/aromatic N) is 4. The number of ether oxygens (including phenoxy) is 1. The van der Waals surface area contributed by atoms with Crippen LogP contribution in [0.2, 0.25) is 0 Å². The number of benzene rings is 1. The third kappa shape index (κ3) is 5.59. The topological polar surface area (TPSA) is 83.1 Å². The van der Waals surface area contributed by atoms with E-state index in [1.54, 1.807) is 34.2 Å². The Morgan fingerprint density at radius 1 is 0.972 bits per heavy atom. The van der Waals surface area contributed by atoms with E-state index >= 15 is 0 Å². The van der Waals surface area contributed by atoms with Crippen LogP contribution in [0.4, 0.5) is 5.69 Å². The van der Waals surface area contributed by atoms with Crippen molar-refractivity contribution in [2.45, 2.75) is 63.7 Å². The highest BCUT2D eigenvalue weighted by molar-refractivity contribution is 6.00. The fourth-order valence-corrected chi connectivity index (χ4v) is 5.55. The summed E-state index contributed by atoms with van der Waals surface area (Å²) in [5, 5.41) is 0. The number of anilines is 1. The highest BCUT2D eigenvalue weighted by atomic mass is 16.5. The Morgan fingerprint density at radius 3 is 2.58 bits per heavy atom. The zero-order valence-electron chi connectivity index (χ0n) is 20.7. The van der Waals surface area contributed by atoms with Gasteiger partial charge in [-0.1, -0.05) is 31.4 Å². The number of hydrogen-bond donors (Lipinski definition) is 0. The molecule has 3 heterocycles. The van der Waals surface area contributed by atoms with Crippen molar-refractivity contribution in [3.63, 3.8) is 0 Å². The number of aromatic nitrogens is 1. The summed E-state index contributed by atoms with van der Waals surface area (Å²) >= 11 is 0. The van der Waals surface area contributed by atoms with Crippen molar-refractivity contribution in [2.24, 2.45) is 0 Å². The van der Waals surface area contributed by atoms with Crippen LogP contribution in [0, 0.1) is 0 Å². The lowest BCUT2D eigenvalue weighted by atomic mass is 9.94. The van der Waals surface area contributed by atoms with E-state index < -0.39 is 0 Å². The van der Waals surface area contributed by atoms with Crippen LogP contribution in [0.1, 0.15) is 61.0 Å². The standard InChI is InChI=1S/C28H34N4O4/c33-26-13-7-15-31(26)24-12-6-8-21(16-24)28(35)30-17-25(36-20-22-9-4-5-14-29-22)18-32(27(34)19-30)23-10-2-1-3-11-23/h4-6,8-9,12,14,16,23,25H,1-3,7,10-11,13,15,17-20H2. The minimum absolute atomic E-state index is 0.0231. The number of amides is 3. The average molecular weight is 491 g/mol. The van der Waals surface area contributed by atoms with Gasteiger partial charge in [0.25, 0.3) is 5.91 Å². The second-order valence-corrected chi connectivity index (χ2v) is 9.98. The Bertz CT molecular complexity index is 1090. The molecule has 1 aromatic carbocycles. The Balaban J connectivity index is 1.35. The van der Waals surface area contributed by atoms with E-state index in [4.69, 9.17) is 4.74 Å². The largest absolute Gasteiger partial charge is 0.368 e. The summed E-state index contributed by atoms with van der Waals surface area (Å²) in [4.78, 5) is 48.9. The van der Waals surface area contributed by atoms with Crippen LogP contribution in [-0.4, -0.2) is 70.8 Å². The summed E-state index contributed by atoms with van der Waals surface area (Å²) in [5.41, 5.74) is 2.03.